The van der Waals surface area contributed by atoms with Crippen LogP contribution in [0.1, 0.15) is 43.5 Å². The van der Waals surface area contributed by atoms with Crippen LogP contribution in [0.2, 0.25) is 0 Å². The van der Waals surface area contributed by atoms with Crippen molar-refractivity contribution < 1.29 is 9.90 Å². The molecule has 1 saturated carbocycles. The lowest BCUT2D eigenvalue weighted by Gasteiger charge is -2.34. The fourth-order valence-corrected chi connectivity index (χ4v) is 2.58. The van der Waals surface area contributed by atoms with Crippen LogP contribution in [0.3, 0.4) is 0 Å². The maximum atomic E-state index is 10.7. The second-order valence-corrected chi connectivity index (χ2v) is 5.26. The topological polar surface area (TPSA) is 62.2 Å². The average Bonchev–Trinajstić information content (AvgIpc) is 2.36. The molecule has 1 aliphatic carbocycles. The number of rotatable bonds is 3. The van der Waals surface area contributed by atoms with Crippen molar-refractivity contribution in [1.29, 1.82) is 0 Å². The van der Waals surface area contributed by atoms with Gasteiger partial charge in [-0.3, -0.25) is 0 Å². The molecule has 1 aliphatic rings. The van der Waals surface area contributed by atoms with Crippen molar-refractivity contribution in [3.63, 3.8) is 0 Å². The molecule has 1 heterocycles. The number of carbonyl (C=O) groups is 1. The van der Waals surface area contributed by atoms with Gasteiger partial charge in [0.1, 0.15) is 5.82 Å². The monoisotopic (exact) mass is 248 g/mol. The first-order valence-corrected chi connectivity index (χ1v) is 6.54. The second kappa shape index (κ2) is 5.38. The summed E-state index contributed by atoms with van der Waals surface area (Å²) in [7, 11) is 0. The molecule has 3 unspecified atom stereocenters. The summed E-state index contributed by atoms with van der Waals surface area (Å²) in [6.45, 7) is 4.56. The average molecular weight is 248 g/mol. The Morgan fingerprint density at radius 1 is 1.39 bits per heavy atom. The maximum Gasteiger partial charge on any atom is 0.337 e. The number of nitrogens with one attached hydrogen (secondary N) is 1. The van der Waals surface area contributed by atoms with E-state index in [1.807, 2.05) is 0 Å². The van der Waals surface area contributed by atoms with Crippen LogP contribution in [0.5, 0.6) is 0 Å². The Hall–Kier alpha value is -1.58. The van der Waals surface area contributed by atoms with Gasteiger partial charge in [0.15, 0.2) is 0 Å². The van der Waals surface area contributed by atoms with Gasteiger partial charge in [-0.15, -0.1) is 0 Å². The molecule has 18 heavy (non-hydrogen) atoms. The van der Waals surface area contributed by atoms with E-state index in [1.165, 1.54) is 19.0 Å². The number of nitrogens with zero attached hydrogens (tertiary/aromatic N) is 1. The molecule has 0 aliphatic heterocycles. The first-order valence-electron chi connectivity index (χ1n) is 6.54. The van der Waals surface area contributed by atoms with Crippen molar-refractivity contribution in [1.82, 2.24) is 4.98 Å². The van der Waals surface area contributed by atoms with Gasteiger partial charge in [-0.1, -0.05) is 26.7 Å². The summed E-state index contributed by atoms with van der Waals surface area (Å²) in [5.41, 5.74) is 0.227. The molecule has 1 fully saturated rings. The summed E-state index contributed by atoms with van der Waals surface area (Å²) in [6, 6.07) is 3.78. The fraction of sp³-hybridized carbons (Fsp3) is 0.571. The van der Waals surface area contributed by atoms with Crippen molar-refractivity contribution in [2.24, 2.45) is 11.8 Å². The van der Waals surface area contributed by atoms with Gasteiger partial charge in [-0.05, 0) is 30.4 Å². The highest BCUT2D eigenvalue weighted by atomic mass is 16.4. The minimum atomic E-state index is -0.936. The summed E-state index contributed by atoms with van der Waals surface area (Å²) < 4.78 is 0. The van der Waals surface area contributed by atoms with E-state index in [0.717, 1.165) is 18.2 Å². The van der Waals surface area contributed by atoms with Crippen molar-refractivity contribution in [2.75, 3.05) is 5.32 Å². The van der Waals surface area contributed by atoms with Crippen molar-refractivity contribution >= 4 is 11.8 Å². The van der Waals surface area contributed by atoms with Crippen molar-refractivity contribution in [2.45, 2.75) is 39.2 Å². The Balaban J connectivity index is 2.02. The summed E-state index contributed by atoms with van der Waals surface area (Å²) >= 11 is 0. The third-order valence-electron chi connectivity index (χ3n) is 4.05. The molecule has 3 atom stereocenters. The Morgan fingerprint density at radius 3 is 2.78 bits per heavy atom. The fourth-order valence-electron chi connectivity index (χ4n) is 2.58. The Bertz CT molecular complexity index is 416. The molecule has 4 nitrogen and oxygen atoms in total. The Morgan fingerprint density at radius 2 is 2.17 bits per heavy atom. The van der Waals surface area contributed by atoms with Crippen LogP contribution in [-0.4, -0.2) is 22.1 Å². The highest BCUT2D eigenvalue weighted by molar-refractivity contribution is 5.87. The van der Waals surface area contributed by atoms with Crippen molar-refractivity contribution in [3.8, 4) is 0 Å². The van der Waals surface area contributed by atoms with E-state index in [2.05, 4.69) is 24.1 Å². The van der Waals surface area contributed by atoms with Crippen LogP contribution < -0.4 is 5.32 Å². The SMILES string of the molecule is CC1CCCC(Nc2ccc(C(=O)O)cn2)C1C. The van der Waals surface area contributed by atoms with Crippen LogP contribution in [0.15, 0.2) is 18.3 Å². The number of hydrogen-bond acceptors (Lipinski definition) is 3. The van der Waals surface area contributed by atoms with E-state index in [1.54, 1.807) is 12.1 Å². The highest BCUT2D eigenvalue weighted by Crippen LogP contribution is 2.31. The molecule has 0 saturated heterocycles. The molecule has 0 aromatic carbocycles. The van der Waals surface area contributed by atoms with Gasteiger partial charge in [0, 0.05) is 12.2 Å². The van der Waals surface area contributed by atoms with Crippen molar-refractivity contribution in [3.05, 3.63) is 23.9 Å². The number of hydrogen-bond donors (Lipinski definition) is 2. The normalized spacial score (nSPS) is 27.8. The van der Waals surface area contributed by atoms with Crippen LogP contribution in [0, 0.1) is 11.8 Å². The standard InChI is InChI=1S/C14H20N2O2/c1-9-4-3-5-12(10(9)2)16-13-7-6-11(8-15-13)14(17)18/h6-10,12H,3-5H2,1-2H3,(H,15,16)(H,17,18). The number of aromatic carboxylic acids is 1. The van der Waals surface area contributed by atoms with Gasteiger partial charge in [-0.25, -0.2) is 9.78 Å². The van der Waals surface area contributed by atoms with Crippen LogP contribution in [-0.2, 0) is 0 Å². The van der Waals surface area contributed by atoms with E-state index in [9.17, 15) is 4.79 Å². The molecule has 0 radical (unpaired) electrons. The number of pyridine rings is 1. The third-order valence-corrected chi connectivity index (χ3v) is 4.05. The number of carboxylic acids is 1. The lowest BCUT2D eigenvalue weighted by Crippen LogP contribution is -2.35. The largest absolute Gasteiger partial charge is 0.478 e. The van der Waals surface area contributed by atoms with Gasteiger partial charge in [-0.2, -0.15) is 0 Å². The van der Waals surface area contributed by atoms with E-state index >= 15 is 0 Å². The molecule has 2 rings (SSSR count). The molecule has 4 heteroatoms. The number of aromatic nitrogens is 1. The lowest BCUT2D eigenvalue weighted by molar-refractivity contribution is 0.0696. The summed E-state index contributed by atoms with van der Waals surface area (Å²) in [5.74, 6) is 1.19. The summed E-state index contributed by atoms with van der Waals surface area (Å²) in [5, 5.41) is 12.2. The van der Waals surface area contributed by atoms with Crippen LogP contribution >= 0.6 is 0 Å². The molecule has 2 N–H and O–H groups in total. The van der Waals surface area contributed by atoms with E-state index in [0.29, 0.717) is 12.0 Å². The smallest absolute Gasteiger partial charge is 0.337 e. The molecule has 0 spiro atoms. The molecular formula is C14H20N2O2. The summed E-state index contributed by atoms with van der Waals surface area (Å²) in [4.78, 5) is 14.9. The van der Waals surface area contributed by atoms with Gasteiger partial charge in [0.2, 0.25) is 0 Å². The highest BCUT2D eigenvalue weighted by Gasteiger charge is 2.26. The zero-order chi connectivity index (χ0) is 13.1. The van der Waals surface area contributed by atoms with E-state index < -0.39 is 5.97 Å². The zero-order valence-electron chi connectivity index (χ0n) is 10.9. The molecule has 0 amide bonds. The molecule has 1 aromatic heterocycles. The lowest BCUT2D eigenvalue weighted by atomic mass is 9.78. The van der Waals surface area contributed by atoms with E-state index in [-0.39, 0.29) is 5.56 Å². The zero-order valence-corrected chi connectivity index (χ0v) is 10.9. The van der Waals surface area contributed by atoms with Gasteiger partial charge in [0.05, 0.1) is 5.56 Å². The number of anilines is 1. The second-order valence-electron chi connectivity index (χ2n) is 5.26. The molecule has 1 aromatic rings. The van der Waals surface area contributed by atoms with Crippen LogP contribution in [0.4, 0.5) is 5.82 Å². The molecule has 98 valence electrons. The molecule has 0 bridgehead atoms. The van der Waals surface area contributed by atoms with Gasteiger partial charge >= 0.3 is 5.97 Å². The quantitative estimate of drug-likeness (QED) is 0.863. The van der Waals surface area contributed by atoms with Crippen LogP contribution in [0.25, 0.3) is 0 Å². The minimum Gasteiger partial charge on any atom is -0.478 e. The predicted molar refractivity (Wildman–Crippen MR) is 70.8 cm³/mol. The predicted octanol–water partition coefficient (Wildman–Crippen LogP) is 3.02. The maximum absolute atomic E-state index is 10.7. The molecular weight excluding hydrogens is 228 g/mol. The summed E-state index contributed by atoms with van der Waals surface area (Å²) in [6.07, 6.45) is 5.11. The van der Waals surface area contributed by atoms with E-state index in [4.69, 9.17) is 5.11 Å². The number of carboxylic acid groups (broad SMARTS) is 1. The Labute approximate surface area is 107 Å². The first kappa shape index (κ1) is 12.9. The third kappa shape index (κ3) is 2.81. The Kier molecular flexibility index (Phi) is 3.84. The van der Waals surface area contributed by atoms with Gasteiger partial charge in [0.25, 0.3) is 0 Å². The minimum absolute atomic E-state index is 0.227. The first-order chi connectivity index (χ1) is 8.58. The van der Waals surface area contributed by atoms with Gasteiger partial charge < -0.3 is 10.4 Å².